The Kier molecular flexibility index (Phi) is 9.62. The van der Waals surface area contributed by atoms with Crippen molar-refractivity contribution >= 4 is 50.3 Å². The lowest BCUT2D eigenvalue weighted by molar-refractivity contribution is 0.669. The first-order valence-electron chi connectivity index (χ1n) is 23.2. The quantitative estimate of drug-likeness (QED) is 0.144. The van der Waals surface area contributed by atoms with Gasteiger partial charge in [0, 0.05) is 54.7 Å². The van der Waals surface area contributed by atoms with Gasteiger partial charge in [0.05, 0.1) is 11.1 Å². The van der Waals surface area contributed by atoms with E-state index < -0.39 is 5.41 Å². The third-order valence-corrected chi connectivity index (χ3v) is 15.1. The van der Waals surface area contributed by atoms with E-state index in [1.807, 2.05) is 17.4 Å². The average Bonchev–Trinajstić information content (AvgIpc) is 4.08. The Labute approximate surface area is 400 Å². The van der Waals surface area contributed by atoms with Crippen LogP contribution < -0.4 is 4.90 Å². The van der Waals surface area contributed by atoms with Crippen LogP contribution in [0, 0.1) is 0 Å². The molecule has 0 bridgehead atoms. The van der Waals surface area contributed by atoms with Crippen LogP contribution in [0.15, 0.2) is 265 Å². The van der Waals surface area contributed by atoms with E-state index in [4.69, 9.17) is 4.42 Å². The summed E-state index contributed by atoms with van der Waals surface area (Å²) in [5, 5.41) is 2.22. The van der Waals surface area contributed by atoms with E-state index in [0.29, 0.717) is 0 Å². The van der Waals surface area contributed by atoms with Crippen molar-refractivity contribution in [3.63, 3.8) is 0 Å². The van der Waals surface area contributed by atoms with E-state index in [1.54, 1.807) is 0 Å². The number of hydrogen-bond acceptors (Lipinski definition) is 3. The molecule has 68 heavy (non-hydrogen) atoms. The molecule has 3 heteroatoms. The molecule has 0 aliphatic heterocycles. The number of rotatable bonds is 9. The number of nitrogens with zero attached hydrogens (tertiary/aromatic N) is 1. The average molecular weight is 886 g/mol. The van der Waals surface area contributed by atoms with Crippen LogP contribution in [-0.4, -0.2) is 0 Å². The third-order valence-electron chi connectivity index (χ3n) is 13.8. The zero-order valence-electron chi connectivity index (χ0n) is 37.1. The molecule has 0 N–H and O–H groups in total. The molecule has 0 fully saturated rings. The molecule has 2 aromatic heterocycles. The molecule has 1 unspecified atom stereocenters. The van der Waals surface area contributed by atoms with Crippen LogP contribution in [0.2, 0.25) is 0 Å². The number of thiophene rings is 1. The minimum atomic E-state index is -0.580. The van der Waals surface area contributed by atoms with Gasteiger partial charge < -0.3 is 9.32 Å². The van der Waals surface area contributed by atoms with Crippen molar-refractivity contribution in [3.8, 4) is 54.9 Å². The maximum Gasteiger partial charge on any atom is 0.137 e. The molecule has 2 nitrogen and oxygen atoms in total. The first-order chi connectivity index (χ1) is 33.7. The number of fused-ring (bicyclic) bond motifs is 6. The minimum absolute atomic E-state index is 0.580. The maximum atomic E-state index is 6.59. The highest BCUT2D eigenvalue weighted by atomic mass is 32.1. The maximum absolute atomic E-state index is 6.59. The van der Waals surface area contributed by atoms with Crippen molar-refractivity contribution in [2.24, 2.45) is 0 Å². The van der Waals surface area contributed by atoms with Crippen LogP contribution in [-0.2, 0) is 5.41 Å². The Hall–Kier alpha value is -8.50. The molecule has 0 amide bonds. The van der Waals surface area contributed by atoms with Crippen LogP contribution in [0.3, 0.4) is 0 Å². The highest BCUT2D eigenvalue weighted by molar-refractivity contribution is 7.17. The van der Waals surface area contributed by atoms with Crippen LogP contribution in [0.4, 0.5) is 17.1 Å². The van der Waals surface area contributed by atoms with E-state index in [2.05, 4.69) is 260 Å². The van der Waals surface area contributed by atoms with Gasteiger partial charge in [-0.05, 0) is 86.5 Å². The van der Waals surface area contributed by atoms with E-state index in [-0.39, 0.29) is 0 Å². The highest BCUT2D eigenvalue weighted by Gasteiger charge is 2.49. The lowest BCUT2D eigenvalue weighted by Gasteiger charge is -2.33. The Bertz CT molecular complexity index is 3760. The van der Waals surface area contributed by atoms with Crippen LogP contribution in [0.1, 0.15) is 21.6 Å². The highest BCUT2D eigenvalue weighted by Crippen LogP contribution is 2.64. The first kappa shape index (κ1) is 39.8. The summed E-state index contributed by atoms with van der Waals surface area (Å²) in [5.74, 6) is 0. The summed E-state index contributed by atoms with van der Waals surface area (Å²) in [4.78, 5) is 4.98. The molecule has 0 radical (unpaired) electrons. The Balaban J connectivity index is 1.08. The molecule has 1 aliphatic carbocycles. The van der Waals surface area contributed by atoms with E-state index in [1.165, 1.54) is 71.0 Å². The van der Waals surface area contributed by atoms with Crippen LogP contribution in [0.25, 0.3) is 76.9 Å². The Morgan fingerprint density at radius 2 is 0.853 bits per heavy atom. The van der Waals surface area contributed by atoms with Crippen LogP contribution >= 0.6 is 11.3 Å². The fourth-order valence-electron chi connectivity index (χ4n) is 10.7. The predicted octanol–water partition coefficient (Wildman–Crippen LogP) is 18.1. The Morgan fingerprint density at radius 3 is 1.54 bits per heavy atom. The second-order valence-electron chi connectivity index (χ2n) is 17.5. The standard InChI is InChI=1S/C65H43NOS/c1-5-19-44(20-6-1)46-33-37-50(38-34-46)65(49-25-11-4-12-26-49)57-30-16-13-28-55(57)62-61(63(68-64(62)65)48-23-9-3-10-24-48)56-29-14-17-31-58(56)66(51-39-35-47(36-40-51)45-21-7-2-8-22-45)52-41-42-54-53-27-15-18-32-59(53)67-60(54)43-52/h1-43H. The van der Waals surface area contributed by atoms with Gasteiger partial charge in [-0.15, -0.1) is 11.3 Å². The summed E-state index contributed by atoms with van der Waals surface area (Å²) >= 11 is 1.93. The largest absolute Gasteiger partial charge is 0.456 e. The SMILES string of the molecule is c1ccc(-c2ccc(N(c3ccc4c(c3)oc3ccccc34)c3ccccc3-c3c(-c4ccccc4)sc4c3-c3ccccc3C4(c3ccccc3)c3ccc(-c4ccccc4)cc3)cc2)cc1. The number of anilines is 3. The summed E-state index contributed by atoms with van der Waals surface area (Å²) in [5.41, 5.74) is 19.0. The number of para-hydroxylation sites is 2. The molecule has 0 saturated carbocycles. The summed E-state index contributed by atoms with van der Waals surface area (Å²) in [6.45, 7) is 0. The molecule has 10 aromatic carbocycles. The monoisotopic (exact) mass is 885 g/mol. The van der Waals surface area contributed by atoms with Crippen molar-refractivity contribution in [2.45, 2.75) is 5.41 Å². The molecule has 13 rings (SSSR count). The van der Waals surface area contributed by atoms with Gasteiger partial charge in [0.1, 0.15) is 11.2 Å². The molecule has 12 aromatic rings. The van der Waals surface area contributed by atoms with Crippen LogP contribution in [0.5, 0.6) is 0 Å². The van der Waals surface area contributed by atoms with Gasteiger partial charge in [-0.2, -0.15) is 0 Å². The van der Waals surface area contributed by atoms with E-state index in [9.17, 15) is 0 Å². The summed E-state index contributed by atoms with van der Waals surface area (Å²) in [6.07, 6.45) is 0. The smallest absolute Gasteiger partial charge is 0.137 e. The summed E-state index contributed by atoms with van der Waals surface area (Å²) in [6, 6.07) is 94.9. The van der Waals surface area contributed by atoms with Gasteiger partial charge in [0.2, 0.25) is 0 Å². The second-order valence-corrected chi connectivity index (χ2v) is 18.5. The molecule has 0 spiro atoms. The van der Waals surface area contributed by atoms with Gasteiger partial charge in [-0.25, -0.2) is 0 Å². The van der Waals surface area contributed by atoms with Gasteiger partial charge in [0.15, 0.2) is 0 Å². The van der Waals surface area contributed by atoms with Gasteiger partial charge in [-0.1, -0.05) is 218 Å². The van der Waals surface area contributed by atoms with Gasteiger partial charge in [-0.3, -0.25) is 0 Å². The minimum Gasteiger partial charge on any atom is -0.456 e. The normalized spacial score (nSPS) is 13.9. The van der Waals surface area contributed by atoms with Crippen molar-refractivity contribution < 1.29 is 4.42 Å². The van der Waals surface area contributed by atoms with Crippen molar-refractivity contribution in [2.75, 3.05) is 4.90 Å². The lowest BCUT2D eigenvalue weighted by atomic mass is 9.70. The lowest BCUT2D eigenvalue weighted by Crippen LogP contribution is -2.27. The molecule has 1 aliphatic rings. The van der Waals surface area contributed by atoms with Gasteiger partial charge in [0.25, 0.3) is 0 Å². The number of furan rings is 1. The van der Waals surface area contributed by atoms with Crippen molar-refractivity contribution in [3.05, 3.63) is 282 Å². The summed E-state index contributed by atoms with van der Waals surface area (Å²) < 4.78 is 6.59. The molecule has 2 heterocycles. The zero-order valence-corrected chi connectivity index (χ0v) is 37.9. The molecule has 1 atom stereocenters. The molecule has 0 saturated heterocycles. The third kappa shape index (κ3) is 6.39. The summed E-state index contributed by atoms with van der Waals surface area (Å²) in [7, 11) is 0. The molecule has 320 valence electrons. The predicted molar refractivity (Wildman–Crippen MR) is 285 cm³/mol. The molecular weight excluding hydrogens is 843 g/mol. The van der Waals surface area contributed by atoms with Gasteiger partial charge >= 0.3 is 0 Å². The molecular formula is C65H43NOS. The van der Waals surface area contributed by atoms with E-state index >= 15 is 0 Å². The number of hydrogen-bond donors (Lipinski definition) is 0. The fraction of sp³-hybridized carbons (Fsp3) is 0.0154. The van der Waals surface area contributed by atoms with Crippen molar-refractivity contribution in [1.82, 2.24) is 0 Å². The Morgan fingerprint density at radius 1 is 0.353 bits per heavy atom. The topological polar surface area (TPSA) is 16.4 Å². The first-order valence-corrected chi connectivity index (χ1v) is 24.1. The second kappa shape index (κ2) is 16.4. The number of benzene rings is 10. The fourth-order valence-corrected chi connectivity index (χ4v) is 12.3. The van der Waals surface area contributed by atoms with Crippen molar-refractivity contribution in [1.29, 1.82) is 0 Å². The zero-order chi connectivity index (χ0) is 45.0. The van der Waals surface area contributed by atoms with E-state index in [0.717, 1.165) is 44.6 Å².